The first-order valence-corrected chi connectivity index (χ1v) is 7.33. The lowest BCUT2D eigenvalue weighted by molar-refractivity contribution is -0.138. The number of hydrogen-bond donors (Lipinski definition) is 3. The van der Waals surface area contributed by atoms with Gasteiger partial charge in [-0.2, -0.15) is 0 Å². The second-order valence-electron chi connectivity index (χ2n) is 5.43. The molecule has 0 saturated heterocycles. The Kier molecular flexibility index (Phi) is 7.54. The fourth-order valence-electron chi connectivity index (χ4n) is 2.73. The van der Waals surface area contributed by atoms with Gasteiger partial charge in [0.05, 0.1) is 13.2 Å². The van der Waals surface area contributed by atoms with Gasteiger partial charge in [-0.15, -0.1) is 0 Å². The highest BCUT2D eigenvalue weighted by Crippen LogP contribution is 2.29. The standard InChI is InChI=1S/C14H26N2O4/c1-11(19)15-10-12-2-4-13(5-3-12)14(20)16(6-8-17)7-9-18/h12-13,17-18H,2-10H2,1H3,(H,15,19). The largest absolute Gasteiger partial charge is 0.395 e. The number of hydrogen-bond acceptors (Lipinski definition) is 4. The van der Waals surface area contributed by atoms with Crippen molar-refractivity contribution in [2.24, 2.45) is 11.8 Å². The van der Waals surface area contributed by atoms with Crippen LogP contribution in [0.3, 0.4) is 0 Å². The van der Waals surface area contributed by atoms with Crippen molar-refractivity contribution in [1.82, 2.24) is 10.2 Å². The van der Waals surface area contributed by atoms with Crippen molar-refractivity contribution >= 4 is 11.8 Å². The third-order valence-corrected chi connectivity index (χ3v) is 3.89. The maximum absolute atomic E-state index is 12.3. The number of nitrogens with zero attached hydrogens (tertiary/aromatic N) is 1. The lowest BCUT2D eigenvalue weighted by atomic mass is 9.81. The lowest BCUT2D eigenvalue weighted by Crippen LogP contribution is -2.41. The molecule has 1 saturated carbocycles. The van der Waals surface area contributed by atoms with Gasteiger partial charge < -0.3 is 20.4 Å². The Bertz CT molecular complexity index is 308. The van der Waals surface area contributed by atoms with Crippen LogP contribution in [0.1, 0.15) is 32.6 Å². The lowest BCUT2D eigenvalue weighted by Gasteiger charge is -2.31. The topological polar surface area (TPSA) is 89.9 Å². The average Bonchev–Trinajstić information content (AvgIpc) is 2.44. The highest BCUT2D eigenvalue weighted by Gasteiger charge is 2.29. The first-order valence-electron chi connectivity index (χ1n) is 7.33. The summed E-state index contributed by atoms with van der Waals surface area (Å²) in [6, 6.07) is 0. The van der Waals surface area contributed by atoms with E-state index in [0.717, 1.165) is 25.7 Å². The molecule has 0 bridgehead atoms. The predicted molar refractivity (Wildman–Crippen MR) is 74.9 cm³/mol. The molecule has 20 heavy (non-hydrogen) atoms. The Morgan fingerprint density at radius 2 is 1.65 bits per heavy atom. The molecule has 0 spiro atoms. The van der Waals surface area contributed by atoms with Gasteiger partial charge in [-0.3, -0.25) is 9.59 Å². The average molecular weight is 286 g/mol. The maximum Gasteiger partial charge on any atom is 0.225 e. The summed E-state index contributed by atoms with van der Waals surface area (Å²) in [6.45, 7) is 2.60. The molecular weight excluding hydrogens is 260 g/mol. The van der Waals surface area contributed by atoms with Gasteiger partial charge in [0, 0.05) is 32.5 Å². The molecular formula is C14H26N2O4. The number of nitrogens with one attached hydrogen (secondary N) is 1. The number of amides is 2. The molecule has 1 aliphatic rings. The molecule has 0 heterocycles. The normalized spacial score (nSPS) is 22.4. The number of aliphatic hydroxyl groups excluding tert-OH is 2. The zero-order valence-corrected chi connectivity index (χ0v) is 12.2. The Labute approximate surface area is 120 Å². The van der Waals surface area contributed by atoms with Gasteiger partial charge >= 0.3 is 0 Å². The molecule has 0 aromatic rings. The zero-order valence-electron chi connectivity index (χ0n) is 12.2. The van der Waals surface area contributed by atoms with Crippen LogP contribution < -0.4 is 5.32 Å². The van der Waals surface area contributed by atoms with Gasteiger partial charge in [0.15, 0.2) is 0 Å². The van der Waals surface area contributed by atoms with Crippen molar-refractivity contribution in [3.8, 4) is 0 Å². The Morgan fingerprint density at radius 1 is 1.10 bits per heavy atom. The van der Waals surface area contributed by atoms with Crippen LogP contribution in [0, 0.1) is 11.8 Å². The molecule has 0 aliphatic heterocycles. The molecule has 0 radical (unpaired) electrons. The highest BCUT2D eigenvalue weighted by atomic mass is 16.3. The van der Waals surface area contributed by atoms with Gasteiger partial charge in [-0.05, 0) is 31.6 Å². The quantitative estimate of drug-likeness (QED) is 0.601. The number of carbonyl (C=O) groups is 2. The van der Waals surface area contributed by atoms with Crippen molar-refractivity contribution < 1.29 is 19.8 Å². The molecule has 0 aromatic carbocycles. The zero-order chi connectivity index (χ0) is 15.0. The third-order valence-electron chi connectivity index (χ3n) is 3.89. The first-order chi connectivity index (χ1) is 9.58. The van der Waals surface area contributed by atoms with Crippen LogP contribution in [0.15, 0.2) is 0 Å². The van der Waals surface area contributed by atoms with Gasteiger partial charge in [-0.25, -0.2) is 0 Å². The first kappa shape index (κ1) is 16.9. The second kappa shape index (κ2) is 8.92. The molecule has 3 N–H and O–H groups in total. The monoisotopic (exact) mass is 286 g/mol. The van der Waals surface area contributed by atoms with Gasteiger partial charge in [0.2, 0.25) is 11.8 Å². The van der Waals surface area contributed by atoms with E-state index >= 15 is 0 Å². The van der Waals surface area contributed by atoms with Crippen molar-refractivity contribution in [3.63, 3.8) is 0 Å². The molecule has 2 amide bonds. The number of carbonyl (C=O) groups excluding carboxylic acids is 2. The van der Waals surface area contributed by atoms with Crippen LogP contribution in [-0.4, -0.2) is 59.8 Å². The van der Waals surface area contributed by atoms with E-state index in [1.807, 2.05) is 0 Å². The Balaban J connectivity index is 2.39. The number of rotatable bonds is 7. The van der Waals surface area contributed by atoms with E-state index in [0.29, 0.717) is 12.5 Å². The Hall–Kier alpha value is -1.14. The van der Waals surface area contributed by atoms with Crippen LogP contribution >= 0.6 is 0 Å². The summed E-state index contributed by atoms with van der Waals surface area (Å²) in [4.78, 5) is 24.7. The molecule has 6 nitrogen and oxygen atoms in total. The minimum Gasteiger partial charge on any atom is -0.395 e. The molecule has 0 atom stereocenters. The van der Waals surface area contributed by atoms with Gasteiger partial charge in [0.1, 0.15) is 0 Å². The fraction of sp³-hybridized carbons (Fsp3) is 0.857. The molecule has 6 heteroatoms. The molecule has 1 fully saturated rings. The summed E-state index contributed by atoms with van der Waals surface area (Å²) < 4.78 is 0. The van der Waals surface area contributed by atoms with Crippen molar-refractivity contribution in [3.05, 3.63) is 0 Å². The predicted octanol–water partition coefficient (Wildman–Crippen LogP) is -0.258. The third kappa shape index (κ3) is 5.46. The van der Waals surface area contributed by atoms with E-state index in [2.05, 4.69) is 5.32 Å². The van der Waals surface area contributed by atoms with E-state index in [1.165, 1.54) is 6.92 Å². The molecule has 1 rings (SSSR count). The number of aliphatic hydroxyl groups is 2. The van der Waals surface area contributed by atoms with Crippen LogP contribution in [0.25, 0.3) is 0 Å². The van der Waals surface area contributed by atoms with Crippen LogP contribution in [-0.2, 0) is 9.59 Å². The summed E-state index contributed by atoms with van der Waals surface area (Å²) in [5, 5.41) is 20.7. The Morgan fingerprint density at radius 3 is 2.10 bits per heavy atom. The molecule has 1 aliphatic carbocycles. The molecule has 0 aromatic heterocycles. The van der Waals surface area contributed by atoms with E-state index in [1.54, 1.807) is 4.90 Å². The SMILES string of the molecule is CC(=O)NCC1CCC(C(=O)N(CCO)CCO)CC1. The van der Waals surface area contributed by atoms with Gasteiger partial charge in [0.25, 0.3) is 0 Å². The van der Waals surface area contributed by atoms with Crippen LogP contribution in [0.4, 0.5) is 0 Å². The highest BCUT2D eigenvalue weighted by molar-refractivity contribution is 5.79. The van der Waals surface area contributed by atoms with Crippen molar-refractivity contribution in [1.29, 1.82) is 0 Å². The summed E-state index contributed by atoms with van der Waals surface area (Å²) in [5.74, 6) is 0.458. The minimum atomic E-state index is -0.0797. The van der Waals surface area contributed by atoms with E-state index in [4.69, 9.17) is 10.2 Å². The molecule has 0 unspecified atom stereocenters. The minimum absolute atomic E-state index is 0.0123. The fourth-order valence-corrected chi connectivity index (χ4v) is 2.73. The van der Waals surface area contributed by atoms with Crippen LogP contribution in [0.2, 0.25) is 0 Å². The second-order valence-corrected chi connectivity index (χ2v) is 5.43. The van der Waals surface area contributed by atoms with Crippen molar-refractivity contribution in [2.45, 2.75) is 32.6 Å². The van der Waals surface area contributed by atoms with E-state index in [9.17, 15) is 9.59 Å². The summed E-state index contributed by atoms with van der Waals surface area (Å²) in [6.07, 6.45) is 3.50. The smallest absolute Gasteiger partial charge is 0.225 e. The van der Waals surface area contributed by atoms with Gasteiger partial charge in [-0.1, -0.05) is 0 Å². The van der Waals surface area contributed by atoms with Crippen molar-refractivity contribution in [2.75, 3.05) is 32.8 Å². The van der Waals surface area contributed by atoms with Crippen LogP contribution in [0.5, 0.6) is 0 Å². The summed E-state index contributed by atoms with van der Waals surface area (Å²) in [7, 11) is 0. The maximum atomic E-state index is 12.3. The van der Waals surface area contributed by atoms with E-state index < -0.39 is 0 Å². The summed E-state index contributed by atoms with van der Waals surface area (Å²) in [5.41, 5.74) is 0. The molecule has 116 valence electrons. The summed E-state index contributed by atoms with van der Waals surface area (Å²) >= 11 is 0. The van der Waals surface area contributed by atoms with E-state index in [-0.39, 0.29) is 44.0 Å².